The van der Waals surface area contributed by atoms with Crippen LogP contribution in [0.2, 0.25) is 0 Å². The highest BCUT2D eigenvalue weighted by Crippen LogP contribution is 2.49. The fraction of sp³-hybridized carbons (Fsp3) is 1.00. The fourth-order valence-corrected chi connectivity index (χ4v) is 2.32. The molecule has 15 heavy (non-hydrogen) atoms. The van der Waals surface area contributed by atoms with Gasteiger partial charge >= 0.3 is 0 Å². The maximum atomic E-state index is 6.30. The first-order valence-electron chi connectivity index (χ1n) is 6.13. The molecule has 1 aliphatic carbocycles. The molecule has 0 atom stereocenters. The second-order valence-electron chi connectivity index (χ2n) is 5.74. The minimum atomic E-state index is 0.138. The third kappa shape index (κ3) is 2.52. The molecule has 3 nitrogen and oxygen atoms in total. The summed E-state index contributed by atoms with van der Waals surface area (Å²) in [6, 6.07) is 0. The summed E-state index contributed by atoms with van der Waals surface area (Å²) in [5.74, 6) is 0. The summed E-state index contributed by atoms with van der Waals surface area (Å²) < 4.78 is 5.34. The Morgan fingerprint density at radius 3 is 2.40 bits per heavy atom. The normalized spacial score (nSPS) is 26.6. The van der Waals surface area contributed by atoms with Gasteiger partial charge in [0.25, 0.3) is 0 Å². The molecule has 2 aliphatic rings. The van der Waals surface area contributed by atoms with E-state index in [4.69, 9.17) is 10.5 Å². The minimum absolute atomic E-state index is 0.138. The van der Waals surface area contributed by atoms with Crippen LogP contribution in [0.1, 0.15) is 33.1 Å². The van der Waals surface area contributed by atoms with Crippen LogP contribution in [-0.4, -0.2) is 43.3 Å². The van der Waals surface area contributed by atoms with Gasteiger partial charge < -0.3 is 10.5 Å². The molecule has 88 valence electrons. The van der Waals surface area contributed by atoms with Crippen LogP contribution in [0, 0.1) is 5.41 Å². The third-order valence-electron chi connectivity index (χ3n) is 4.29. The van der Waals surface area contributed by atoms with E-state index in [9.17, 15) is 0 Å². The van der Waals surface area contributed by atoms with Gasteiger partial charge in [0.05, 0.1) is 13.2 Å². The number of hydrogen-bond acceptors (Lipinski definition) is 3. The number of nitrogens with zero attached hydrogens (tertiary/aromatic N) is 1. The molecule has 0 bridgehead atoms. The number of nitrogens with two attached hydrogens (primary N) is 1. The zero-order valence-corrected chi connectivity index (χ0v) is 10.1. The van der Waals surface area contributed by atoms with E-state index in [-0.39, 0.29) is 5.54 Å². The molecular formula is C12H24N2O. The lowest BCUT2D eigenvalue weighted by atomic mass is 9.79. The summed E-state index contributed by atoms with van der Waals surface area (Å²) in [5, 5.41) is 0. The molecule has 0 aromatic carbocycles. The summed E-state index contributed by atoms with van der Waals surface area (Å²) in [4.78, 5) is 2.50. The minimum Gasteiger partial charge on any atom is -0.379 e. The highest BCUT2D eigenvalue weighted by atomic mass is 16.5. The summed E-state index contributed by atoms with van der Waals surface area (Å²) in [5.41, 5.74) is 6.73. The predicted octanol–water partition coefficient (Wildman–Crippen LogP) is 1.23. The first kappa shape index (κ1) is 11.4. The molecule has 0 aromatic heterocycles. The molecule has 2 N–H and O–H groups in total. The van der Waals surface area contributed by atoms with Crippen LogP contribution in [0.3, 0.4) is 0 Å². The molecule has 0 radical (unpaired) electrons. The van der Waals surface area contributed by atoms with Crippen molar-refractivity contribution in [2.24, 2.45) is 11.1 Å². The smallest absolute Gasteiger partial charge is 0.0594 e. The molecular weight excluding hydrogens is 188 g/mol. The predicted molar refractivity (Wildman–Crippen MR) is 61.8 cm³/mol. The first-order valence-corrected chi connectivity index (χ1v) is 6.13. The average Bonchev–Trinajstić information content (AvgIpc) is 2.97. The Kier molecular flexibility index (Phi) is 3.06. The van der Waals surface area contributed by atoms with Gasteiger partial charge in [-0.3, -0.25) is 4.90 Å². The number of ether oxygens (including phenoxy) is 1. The molecule has 3 heteroatoms. The van der Waals surface area contributed by atoms with Gasteiger partial charge in [-0.1, -0.05) is 13.8 Å². The fourth-order valence-electron chi connectivity index (χ4n) is 2.32. The van der Waals surface area contributed by atoms with Gasteiger partial charge in [0, 0.05) is 18.6 Å². The van der Waals surface area contributed by atoms with Crippen molar-refractivity contribution in [3.63, 3.8) is 0 Å². The molecule has 2 rings (SSSR count). The van der Waals surface area contributed by atoms with Gasteiger partial charge in [-0.15, -0.1) is 0 Å². The van der Waals surface area contributed by atoms with Crippen molar-refractivity contribution >= 4 is 0 Å². The second-order valence-corrected chi connectivity index (χ2v) is 5.74. The summed E-state index contributed by atoms with van der Waals surface area (Å²) in [6.45, 7) is 9.79. The van der Waals surface area contributed by atoms with Crippen molar-refractivity contribution in [2.75, 3.05) is 32.8 Å². The van der Waals surface area contributed by atoms with Gasteiger partial charge in [0.15, 0.2) is 0 Å². The standard InChI is InChI=1S/C12H24N2O/c1-11(2,12(13)3-4-12)5-6-14-7-9-15-10-8-14/h3-10,13H2,1-2H3. The molecule has 2 fully saturated rings. The van der Waals surface area contributed by atoms with Gasteiger partial charge in [-0.2, -0.15) is 0 Å². The molecule has 0 amide bonds. The lowest BCUT2D eigenvalue weighted by Gasteiger charge is -2.35. The molecule has 0 spiro atoms. The lowest BCUT2D eigenvalue weighted by Crippen LogP contribution is -2.44. The molecule has 0 aromatic rings. The van der Waals surface area contributed by atoms with Crippen LogP contribution in [0.25, 0.3) is 0 Å². The maximum Gasteiger partial charge on any atom is 0.0594 e. The average molecular weight is 212 g/mol. The van der Waals surface area contributed by atoms with Crippen molar-refractivity contribution in [3.05, 3.63) is 0 Å². The molecule has 1 saturated carbocycles. The van der Waals surface area contributed by atoms with E-state index < -0.39 is 0 Å². The Bertz CT molecular complexity index is 218. The zero-order valence-electron chi connectivity index (χ0n) is 10.1. The topological polar surface area (TPSA) is 38.5 Å². The highest BCUT2D eigenvalue weighted by molar-refractivity contribution is 5.08. The Labute approximate surface area is 93.0 Å². The lowest BCUT2D eigenvalue weighted by molar-refractivity contribution is 0.0307. The summed E-state index contributed by atoms with van der Waals surface area (Å²) in [7, 11) is 0. The molecule has 1 saturated heterocycles. The van der Waals surface area contributed by atoms with Crippen LogP contribution in [0.4, 0.5) is 0 Å². The van der Waals surface area contributed by atoms with Gasteiger partial charge in [-0.05, 0) is 31.2 Å². The van der Waals surface area contributed by atoms with Gasteiger partial charge in [0.1, 0.15) is 0 Å². The van der Waals surface area contributed by atoms with Crippen LogP contribution in [0.5, 0.6) is 0 Å². The Balaban J connectivity index is 1.76. The van der Waals surface area contributed by atoms with Crippen molar-refractivity contribution in [3.8, 4) is 0 Å². The van der Waals surface area contributed by atoms with E-state index in [2.05, 4.69) is 18.7 Å². The summed E-state index contributed by atoms with van der Waals surface area (Å²) >= 11 is 0. The third-order valence-corrected chi connectivity index (χ3v) is 4.29. The van der Waals surface area contributed by atoms with Crippen molar-refractivity contribution in [1.29, 1.82) is 0 Å². The van der Waals surface area contributed by atoms with Crippen molar-refractivity contribution in [2.45, 2.75) is 38.6 Å². The molecule has 1 aliphatic heterocycles. The molecule has 1 heterocycles. The van der Waals surface area contributed by atoms with Crippen molar-refractivity contribution < 1.29 is 4.74 Å². The van der Waals surface area contributed by atoms with Crippen LogP contribution in [0.15, 0.2) is 0 Å². The van der Waals surface area contributed by atoms with E-state index in [1.165, 1.54) is 25.8 Å². The highest BCUT2D eigenvalue weighted by Gasteiger charge is 2.50. The van der Waals surface area contributed by atoms with E-state index in [1.54, 1.807) is 0 Å². The van der Waals surface area contributed by atoms with Crippen LogP contribution in [-0.2, 0) is 4.74 Å². The van der Waals surface area contributed by atoms with E-state index in [1.807, 2.05) is 0 Å². The van der Waals surface area contributed by atoms with Crippen molar-refractivity contribution in [1.82, 2.24) is 4.90 Å². The number of rotatable bonds is 4. The van der Waals surface area contributed by atoms with E-state index in [0.717, 1.165) is 26.3 Å². The van der Waals surface area contributed by atoms with Crippen LogP contribution < -0.4 is 5.73 Å². The van der Waals surface area contributed by atoms with E-state index >= 15 is 0 Å². The molecule has 0 unspecified atom stereocenters. The van der Waals surface area contributed by atoms with Gasteiger partial charge in [0.2, 0.25) is 0 Å². The summed E-state index contributed by atoms with van der Waals surface area (Å²) in [6.07, 6.45) is 3.63. The SMILES string of the molecule is CC(C)(CCN1CCOCC1)C1(N)CC1. The largest absolute Gasteiger partial charge is 0.379 e. The first-order chi connectivity index (χ1) is 7.04. The Hall–Kier alpha value is -0.120. The maximum absolute atomic E-state index is 6.30. The number of hydrogen-bond donors (Lipinski definition) is 1. The Morgan fingerprint density at radius 1 is 1.27 bits per heavy atom. The second kappa shape index (κ2) is 4.04. The monoisotopic (exact) mass is 212 g/mol. The van der Waals surface area contributed by atoms with E-state index in [0.29, 0.717) is 5.41 Å². The van der Waals surface area contributed by atoms with Crippen LogP contribution >= 0.6 is 0 Å². The Morgan fingerprint density at radius 2 is 1.87 bits per heavy atom. The zero-order chi connectivity index (χ0) is 10.9. The van der Waals surface area contributed by atoms with Gasteiger partial charge in [-0.25, -0.2) is 0 Å². The quantitative estimate of drug-likeness (QED) is 0.761. The number of morpholine rings is 1.